The highest BCUT2D eigenvalue weighted by Gasteiger charge is 2.26. The second-order valence-corrected chi connectivity index (χ2v) is 6.31. The zero-order valence-electron chi connectivity index (χ0n) is 13.2. The summed E-state index contributed by atoms with van der Waals surface area (Å²) < 4.78 is 5.56. The molecule has 3 rings (SSSR count). The third kappa shape index (κ3) is 4.01. The molecule has 4 heteroatoms. The molecule has 0 aromatic heterocycles. The van der Waals surface area contributed by atoms with Crippen LogP contribution >= 0.6 is 0 Å². The topological polar surface area (TPSA) is 32.8 Å². The third-order valence-corrected chi connectivity index (χ3v) is 4.86. The van der Waals surface area contributed by atoms with Crippen molar-refractivity contribution in [1.82, 2.24) is 9.80 Å². The Balaban J connectivity index is 1.41. The summed E-state index contributed by atoms with van der Waals surface area (Å²) in [6.07, 6.45) is 6.81. The van der Waals surface area contributed by atoms with E-state index >= 15 is 0 Å². The van der Waals surface area contributed by atoms with Gasteiger partial charge in [0, 0.05) is 32.2 Å². The van der Waals surface area contributed by atoms with Crippen molar-refractivity contribution in [3.63, 3.8) is 0 Å². The van der Waals surface area contributed by atoms with Crippen molar-refractivity contribution in [2.45, 2.75) is 38.1 Å². The van der Waals surface area contributed by atoms with Gasteiger partial charge in [0.15, 0.2) is 6.61 Å². The average Bonchev–Trinajstić information content (AvgIpc) is 2.61. The summed E-state index contributed by atoms with van der Waals surface area (Å²) in [5, 5.41) is 0. The maximum atomic E-state index is 12.2. The summed E-state index contributed by atoms with van der Waals surface area (Å²) in [4.78, 5) is 16.8. The monoisotopic (exact) mass is 302 g/mol. The zero-order valence-corrected chi connectivity index (χ0v) is 13.2. The quantitative estimate of drug-likeness (QED) is 0.857. The van der Waals surface area contributed by atoms with E-state index in [0.29, 0.717) is 0 Å². The molecule has 0 atom stereocenters. The van der Waals surface area contributed by atoms with E-state index in [-0.39, 0.29) is 12.5 Å². The first-order chi connectivity index (χ1) is 10.8. The number of para-hydroxylation sites is 1. The Labute approximate surface area is 133 Å². The fraction of sp³-hybridized carbons (Fsp3) is 0.611. The van der Waals surface area contributed by atoms with Crippen LogP contribution in [-0.2, 0) is 4.79 Å². The van der Waals surface area contributed by atoms with Crippen LogP contribution in [0.1, 0.15) is 32.1 Å². The molecule has 0 N–H and O–H groups in total. The van der Waals surface area contributed by atoms with Gasteiger partial charge in [-0.1, -0.05) is 37.5 Å². The van der Waals surface area contributed by atoms with Crippen LogP contribution in [0.15, 0.2) is 30.3 Å². The minimum absolute atomic E-state index is 0.104. The van der Waals surface area contributed by atoms with Gasteiger partial charge in [0.2, 0.25) is 0 Å². The van der Waals surface area contributed by atoms with Gasteiger partial charge in [-0.15, -0.1) is 0 Å². The number of hydrogen-bond donors (Lipinski definition) is 0. The molecular formula is C18H26N2O2. The van der Waals surface area contributed by atoms with Crippen LogP contribution in [0.3, 0.4) is 0 Å². The SMILES string of the molecule is O=C(COc1ccccc1)N1CCN(C2CCCCC2)CC1. The highest BCUT2D eigenvalue weighted by atomic mass is 16.5. The Morgan fingerprint density at radius 3 is 2.36 bits per heavy atom. The van der Waals surface area contributed by atoms with E-state index in [1.54, 1.807) is 0 Å². The molecule has 0 unspecified atom stereocenters. The van der Waals surface area contributed by atoms with Crippen molar-refractivity contribution < 1.29 is 9.53 Å². The van der Waals surface area contributed by atoms with Gasteiger partial charge in [0.25, 0.3) is 5.91 Å². The van der Waals surface area contributed by atoms with E-state index < -0.39 is 0 Å². The Kier molecular flexibility index (Phi) is 5.33. The van der Waals surface area contributed by atoms with E-state index in [1.165, 1.54) is 32.1 Å². The molecule has 1 aliphatic heterocycles. The Morgan fingerprint density at radius 2 is 1.68 bits per heavy atom. The molecular weight excluding hydrogens is 276 g/mol. The molecule has 1 heterocycles. The second-order valence-electron chi connectivity index (χ2n) is 6.31. The number of benzene rings is 1. The van der Waals surface area contributed by atoms with Crippen molar-refractivity contribution in [1.29, 1.82) is 0 Å². The summed E-state index contributed by atoms with van der Waals surface area (Å²) >= 11 is 0. The van der Waals surface area contributed by atoms with E-state index in [0.717, 1.165) is 38.0 Å². The van der Waals surface area contributed by atoms with E-state index in [2.05, 4.69) is 4.90 Å². The van der Waals surface area contributed by atoms with Crippen LogP contribution in [-0.4, -0.2) is 54.5 Å². The standard InChI is InChI=1S/C18H26N2O2/c21-18(15-22-17-9-5-2-6-10-17)20-13-11-19(12-14-20)16-7-3-1-4-8-16/h2,5-6,9-10,16H,1,3-4,7-8,11-15H2. The third-order valence-electron chi connectivity index (χ3n) is 4.86. The number of carbonyl (C=O) groups excluding carboxylic acids is 1. The van der Waals surface area contributed by atoms with Crippen LogP contribution in [0.5, 0.6) is 5.75 Å². The molecule has 1 aromatic rings. The minimum atomic E-state index is 0.104. The fourth-order valence-electron chi connectivity index (χ4n) is 3.54. The van der Waals surface area contributed by atoms with Crippen LogP contribution in [0, 0.1) is 0 Å². The molecule has 1 saturated carbocycles. The normalized spacial score (nSPS) is 20.8. The summed E-state index contributed by atoms with van der Waals surface area (Å²) in [5.74, 6) is 0.865. The van der Waals surface area contributed by atoms with Crippen molar-refractivity contribution in [3.8, 4) is 5.75 Å². The lowest BCUT2D eigenvalue weighted by Gasteiger charge is -2.40. The van der Waals surface area contributed by atoms with Gasteiger partial charge in [-0.05, 0) is 25.0 Å². The Hall–Kier alpha value is -1.55. The molecule has 0 bridgehead atoms. The molecule has 1 aromatic carbocycles. The van der Waals surface area contributed by atoms with E-state index in [9.17, 15) is 4.79 Å². The lowest BCUT2D eigenvalue weighted by molar-refractivity contribution is -0.135. The first-order valence-corrected chi connectivity index (χ1v) is 8.52. The van der Waals surface area contributed by atoms with Crippen LogP contribution < -0.4 is 4.74 Å². The van der Waals surface area contributed by atoms with Gasteiger partial charge < -0.3 is 9.64 Å². The van der Waals surface area contributed by atoms with Gasteiger partial charge in [0.05, 0.1) is 0 Å². The van der Waals surface area contributed by atoms with Crippen molar-refractivity contribution in [2.24, 2.45) is 0 Å². The minimum Gasteiger partial charge on any atom is -0.484 e. The van der Waals surface area contributed by atoms with Gasteiger partial charge >= 0.3 is 0 Å². The maximum Gasteiger partial charge on any atom is 0.260 e. The molecule has 1 aliphatic carbocycles. The molecule has 4 nitrogen and oxygen atoms in total. The van der Waals surface area contributed by atoms with E-state index in [4.69, 9.17) is 4.74 Å². The predicted octanol–water partition coefficient (Wildman–Crippen LogP) is 2.54. The van der Waals surface area contributed by atoms with E-state index in [1.807, 2.05) is 35.2 Å². The largest absolute Gasteiger partial charge is 0.484 e. The zero-order chi connectivity index (χ0) is 15.2. The lowest BCUT2D eigenvalue weighted by atomic mass is 9.94. The highest BCUT2D eigenvalue weighted by Crippen LogP contribution is 2.23. The predicted molar refractivity (Wildman–Crippen MR) is 87.0 cm³/mol. The van der Waals surface area contributed by atoms with Gasteiger partial charge in [0.1, 0.15) is 5.75 Å². The number of nitrogens with zero attached hydrogens (tertiary/aromatic N) is 2. The van der Waals surface area contributed by atoms with Crippen LogP contribution in [0.25, 0.3) is 0 Å². The van der Waals surface area contributed by atoms with Crippen molar-refractivity contribution in [2.75, 3.05) is 32.8 Å². The summed E-state index contributed by atoms with van der Waals surface area (Å²) in [6, 6.07) is 10.3. The number of hydrogen-bond acceptors (Lipinski definition) is 3. The molecule has 0 radical (unpaired) electrons. The van der Waals surface area contributed by atoms with Gasteiger partial charge in [-0.3, -0.25) is 9.69 Å². The van der Waals surface area contributed by atoms with Crippen molar-refractivity contribution >= 4 is 5.91 Å². The summed E-state index contributed by atoms with van der Waals surface area (Å²) in [6.45, 7) is 3.86. The Bertz CT molecular complexity index is 463. The average molecular weight is 302 g/mol. The van der Waals surface area contributed by atoms with Gasteiger partial charge in [-0.2, -0.15) is 0 Å². The number of rotatable bonds is 4. The molecule has 2 aliphatic rings. The molecule has 120 valence electrons. The molecule has 1 saturated heterocycles. The first-order valence-electron chi connectivity index (χ1n) is 8.52. The number of ether oxygens (including phenoxy) is 1. The second kappa shape index (κ2) is 7.63. The number of amides is 1. The Morgan fingerprint density at radius 1 is 1.00 bits per heavy atom. The highest BCUT2D eigenvalue weighted by molar-refractivity contribution is 5.77. The van der Waals surface area contributed by atoms with Crippen LogP contribution in [0.4, 0.5) is 0 Å². The molecule has 0 spiro atoms. The molecule has 22 heavy (non-hydrogen) atoms. The molecule has 1 amide bonds. The summed E-state index contributed by atoms with van der Waals surface area (Å²) in [7, 11) is 0. The van der Waals surface area contributed by atoms with Gasteiger partial charge in [-0.25, -0.2) is 0 Å². The fourth-order valence-corrected chi connectivity index (χ4v) is 3.54. The van der Waals surface area contributed by atoms with Crippen LogP contribution in [0.2, 0.25) is 0 Å². The number of carbonyl (C=O) groups is 1. The maximum absolute atomic E-state index is 12.2. The smallest absolute Gasteiger partial charge is 0.260 e. The summed E-state index contributed by atoms with van der Waals surface area (Å²) in [5.41, 5.74) is 0. The number of piperazine rings is 1. The lowest BCUT2D eigenvalue weighted by Crippen LogP contribution is -2.53. The molecule has 2 fully saturated rings. The first kappa shape index (κ1) is 15.3. The van der Waals surface area contributed by atoms with Crippen molar-refractivity contribution in [3.05, 3.63) is 30.3 Å².